The van der Waals surface area contributed by atoms with Crippen LogP contribution in [0.3, 0.4) is 0 Å². The second-order valence-corrected chi connectivity index (χ2v) is 14.4. The van der Waals surface area contributed by atoms with Crippen molar-refractivity contribution in [1.82, 2.24) is 4.98 Å². The maximum atomic E-state index is 12.7. The summed E-state index contributed by atoms with van der Waals surface area (Å²) >= 11 is 3.43. The van der Waals surface area contributed by atoms with Crippen LogP contribution in [0.25, 0.3) is 0 Å². The van der Waals surface area contributed by atoms with Crippen molar-refractivity contribution >= 4 is 30.2 Å². The van der Waals surface area contributed by atoms with E-state index in [9.17, 15) is 4.79 Å². The summed E-state index contributed by atoms with van der Waals surface area (Å²) in [5, 5.41) is 0.121. The third kappa shape index (κ3) is 5.17. The average Bonchev–Trinajstić information content (AvgIpc) is 2.55. The number of halogens is 1. The van der Waals surface area contributed by atoms with E-state index in [-0.39, 0.29) is 28.9 Å². The van der Waals surface area contributed by atoms with E-state index in [1.54, 1.807) is 0 Å². The van der Waals surface area contributed by atoms with Crippen LogP contribution in [0.2, 0.25) is 18.1 Å². The summed E-state index contributed by atoms with van der Waals surface area (Å²) in [6.45, 7) is 13.5. The fourth-order valence-electron chi connectivity index (χ4n) is 3.23. The van der Waals surface area contributed by atoms with Gasteiger partial charge in [-0.15, -0.1) is 0 Å². The van der Waals surface area contributed by atoms with Gasteiger partial charge in [-0.25, -0.2) is 0 Å². The van der Waals surface area contributed by atoms with Gasteiger partial charge in [-0.2, -0.15) is 0 Å². The Morgan fingerprint density at radius 1 is 1.31 bits per heavy atom. The lowest BCUT2D eigenvalue weighted by atomic mass is 9.78. The lowest BCUT2D eigenvalue weighted by molar-refractivity contribution is -0.153. The van der Waals surface area contributed by atoms with Gasteiger partial charge in [-0.3, -0.25) is 9.78 Å². The van der Waals surface area contributed by atoms with Gasteiger partial charge in [0.15, 0.2) is 8.32 Å². The Morgan fingerprint density at radius 3 is 2.54 bits per heavy atom. The van der Waals surface area contributed by atoms with Crippen molar-refractivity contribution in [2.45, 2.75) is 77.1 Å². The van der Waals surface area contributed by atoms with Crippen LogP contribution in [0, 0.1) is 5.92 Å². The summed E-state index contributed by atoms with van der Waals surface area (Å²) in [4.78, 5) is 17.2. The second-order valence-electron chi connectivity index (χ2n) is 8.69. The maximum Gasteiger partial charge on any atom is 0.311 e. The minimum absolute atomic E-state index is 0.0540. The Balaban J connectivity index is 2.19. The van der Waals surface area contributed by atoms with E-state index in [1.165, 1.54) is 0 Å². The van der Waals surface area contributed by atoms with Crippen LogP contribution < -0.4 is 0 Å². The Kier molecular flexibility index (Phi) is 7.08. The molecule has 0 saturated heterocycles. The highest BCUT2D eigenvalue weighted by Gasteiger charge is 2.44. The Hall–Kier alpha value is -0.723. The molecule has 1 fully saturated rings. The Labute approximate surface area is 167 Å². The zero-order chi connectivity index (χ0) is 19.5. The monoisotopic (exact) mass is 441 g/mol. The van der Waals surface area contributed by atoms with Gasteiger partial charge >= 0.3 is 5.97 Å². The van der Waals surface area contributed by atoms with Gasteiger partial charge in [0.1, 0.15) is 0 Å². The summed E-state index contributed by atoms with van der Waals surface area (Å²) in [7, 11) is -1.94. The first-order valence-electron chi connectivity index (χ1n) is 9.51. The SMILES string of the molecule is CCOC(=O)C1CC(c2ccc(Br)cn2)CCC1O[Si](C)(C)C(C)(C)C. The van der Waals surface area contributed by atoms with Gasteiger partial charge in [-0.1, -0.05) is 20.8 Å². The fraction of sp³-hybridized carbons (Fsp3) is 0.700. The van der Waals surface area contributed by atoms with Crippen LogP contribution in [-0.2, 0) is 14.0 Å². The zero-order valence-corrected chi connectivity index (χ0v) is 19.4. The first-order chi connectivity index (χ1) is 12.0. The third-order valence-corrected chi connectivity index (χ3v) is 10.8. The number of pyridine rings is 1. The molecule has 0 radical (unpaired) electrons. The van der Waals surface area contributed by atoms with Gasteiger partial charge in [0.05, 0.1) is 18.6 Å². The topological polar surface area (TPSA) is 48.4 Å². The largest absolute Gasteiger partial charge is 0.466 e. The number of rotatable bonds is 5. The minimum atomic E-state index is -1.94. The number of hydrogen-bond donors (Lipinski definition) is 0. The van der Waals surface area contributed by atoms with Gasteiger partial charge < -0.3 is 9.16 Å². The molecular formula is C20H32BrNO3Si. The van der Waals surface area contributed by atoms with Crippen LogP contribution >= 0.6 is 15.9 Å². The first-order valence-corrected chi connectivity index (χ1v) is 13.2. The summed E-state index contributed by atoms with van der Waals surface area (Å²) in [6, 6.07) is 4.06. The lowest BCUT2D eigenvalue weighted by Crippen LogP contribution is -2.48. The molecule has 6 heteroatoms. The maximum absolute atomic E-state index is 12.7. The third-order valence-electron chi connectivity index (χ3n) is 5.80. The molecule has 0 amide bonds. The van der Waals surface area contributed by atoms with E-state index < -0.39 is 8.32 Å². The number of esters is 1. The number of nitrogens with zero attached hydrogens (tertiary/aromatic N) is 1. The molecular weight excluding hydrogens is 410 g/mol. The Bertz CT molecular complexity index is 612. The number of aromatic nitrogens is 1. The molecule has 1 aromatic heterocycles. The van der Waals surface area contributed by atoms with Crippen LogP contribution in [0.5, 0.6) is 0 Å². The average molecular weight is 442 g/mol. The molecule has 3 unspecified atom stereocenters. The molecule has 26 heavy (non-hydrogen) atoms. The zero-order valence-electron chi connectivity index (χ0n) is 16.8. The van der Waals surface area contributed by atoms with Crippen molar-refractivity contribution < 1.29 is 14.0 Å². The summed E-state index contributed by atoms with van der Waals surface area (Å²) in [6.07, 6.45) is 4.38. The fourth-order valence-corrected chi connectivity index (χ4v) is 4.86. The molecule has 0 spiro atoms. The first kappa shape index (κ1) is 21.6. The van der Waals surface area contributed by atoms with E-state index in [1.807, 2.05) is 25.3 Å². The van der Waals surface area contributed by atoms with Crippen molar-refractivity contribution in [3.63, 3.8) is 0 Å². The molecule has 1 aromatic rings. The quantitative estimate of drug-likeness (QED) is 0.435. The second kappa shape index (κ2) is 8.53. The normalized spacial score (nSPS) is 24.3. The van der Waals surface area contributed by atoms with Crippen LogP contribution in [0.1, 0.15) is 58.6 Å². The highest BCUT2D eigenvalue weighted by Crippen LogP contribution is 2.43. The lowest BCUT2D eigenvalue weighted by Gasteiger charge is -2.43. The van der Waals surface area contributed by atoms with Crippen molar-refractivity contribution in [2.75, 3.05) is 6.61 Å². The van der Waals surface area contributed by atoms with Gasteiger partial charge in [-0.05, 0) is 72.4 Å². The highest BCUT2D eigenvalue weighted by atomic mass is 79.9. The highest BCUT2D eigenvalue weighted by molar-refractivity contribution is 9.10. The molecule has 1 heterocycles. The van der Waals surface area contributed by atoms with Crippen molar-refractivity contribution in [2.24, 2.45) is 5.92 Å². The number of carbonyl (C=O) groups is 1. The molecule has 1 aliphatic rings. The van der Waals surface area contributed by atoms with Gasteiger partial charge in [0.25, 0.3) is 0 Å². The van der Waals surface area contributed by atoms with Crippen LogP contribution in [0.4, 0.5) is 0 Å². The number of hydrogen-bond acceptors (Lipinski definition) is 4. The van der Waals surface area contributed by atoms with Crippen molar-refractivity contribution in [3.05, 3.63) is 28.5 Å². The molecule has 0 aromatic carbocycles. The summed E-state index contributed by atoms with van der Waals surface area (Å²) in [5.41, 5.74) is 1.05. The van der Waals surface area contributed by atoms with Gasteiger partial charge in [0.2, 0.25) is 0 Å². The van der Waals surface area contributed by atoms with E-state index in [0.29, 0.717) is 6.61 Å². The van der Waals surface area contributed by atoms with E-state index in [0.717, 1.165) is 29.4 Å². The molecule has 2 rings (SSSR count). The van der Waals surface area contributed by atoms with Crippen LogP contribution in [0.15, 0.2) is 22.8 Å². The molecule has 0 bridgehead atoms. The van der Waals surface area contributed by atoms with Gasteiger partial charge in [0, 0.05) is 22.3 Å². The molecule has 3 atom stereocenters. The number of ether oxygens (including phenoxy) is 1. The molecule has 1 aliphatic carbocycles. The van der Waals surface area contributed by atoms with E-state index in [2.05, 4.69) is 54.8 Å². The molecule has 0 N–H and O–H groups in total. The van der Waals surface area contributed by atoms with Crippen molar-refractivity contribution in [3.8, 4) is 0 Å². The van der Waals surface area contributed by atoms with Crippen LogP contribution in [-0.4, -0.2) is 32.0 Å². The Morgan fingerprint density at radius 2 is 2.00 bits per heavy atom. The minimum Gasteiger partial charge on any atom is -0.466 e. The molecule has 1 saturated carbocycles. The molecule has 146 valence electrons. The summed E-state index contributed by atoms with van der Waals surface area (Å²) < 4.78 is 13.0. The predicted octanol–water partition coefficient (Wildman–Crippen LogP) is 5.68. The van der Waals surface area contributed by atoms with E-state index >= 15 is 0 Å². The molecule has 4 nitrogen and oxygen atoms in total. The van der Waals surface area contributed by atoms with E-state index in [4.69, 9.17) is 9.16 Å². The predicted molar refractivity (Wildman–Crippen MR) is 111 cm³/mol. The standard InChI is InChI=1S/C20H32BrNO3Si/c1-7-24-19(23)16-12-14(17-10-9-15(21)13-22-17)8-11-18(16)25-26(5,6)20(2,3)4/h9-10,13-14,16,18H,7-8,11-12H2,1-6H3. The molecule has 0 aliphatic heterocycles. The smallest absolute Gasteiger partial charge is 0.311 e. The van der Waals surface area contributed by atoms with Crippen molar-refractivity contribution in [1.29, 1.82) is 0 Å². The number of carbonyl (C=O) groups excluding carboxylic acids is 1. The summed E-state index contributed by atoms with van der Waals surface area (Å²) in [5.74, 6) is -0.0666.